The van der Waals surface area contributed by atoms with Gasteiger partial charge in [-0.1, -0.05) is 35.2 Å². The van der Waals surface area contributed by atoms with E-state index in [2.05, 4.69) is 19.6 Å². The summed E-state index contributed by atoms with van der Waals surface area (Å²) >= 11 is 0. The molecule has 0 unspecified atom stereocenters. The van der Waals surface area contributed by atoms with Crippen LogP contribution in [0.1, 0.15) is 12.0 Å². The molecule has 9 heteroatoms. The second-order valence-corrected chi connectivity index (χ2v) is 9.05. The molecule has 7 nitrogen and oxygen atoms in total. The fourth-order valence-electron chi connectivity index (χ4n) is 3.82. The van der Waals surface area contributed by atoms with Gasteiger partial charge in [-0.15, -0.1) is 0 Å². The standard InChI is InChI=1S/C25H22FN4O3S/c1-16-11-18(30-34(31)20-5-3-2-4-6-20)13-22-24(16)25(28-15-27-22)29-21-8-7-17(26)12-23(21)33-19-9-10-32-14-19/h2-8,11-13,15,19H,9-10,14H2,1H3,(H,27,28,29)/q-1/t19-/m0/s1. The van der Waals surface area contributed by atoms with Crippen LogP contribution in [0.25, 0.3) is 10.9 Å². The van der Waals surface area contributed by atoms with Crippen LogP contribution in [0, 0.1) is 12.7 Å². The molecule has 0 spiro atoms. The van der Waals surface area contributed by atoms with Crippen molar-refractivity contribution in [3.05, 3.63) is 78.4 Å². The smallest absolute Gasteiger partial charge is 0.146 e. The van der Waals surface area contributed by atoms with Gasteiger partial charge in [0.15, 0.2) is 0 Å². The zero-order valence-electron chi connectivity index (χ0n) is 18.4. The lowest BCUT2D eigenvalue weighted by atomic mass is 10.1. The van der Waals surface area contributed by atoms with E-state index >= 15 is 0 Å². The Labute approximate surface area is 198 Å². The molecule has 2 heterocycles. The minimum atomic E-state index is -1.53. The SMILES string of the molecule is Cc1cc(N=[S-](=O)c2ccccc2)cc2ncnc(Nc3ccc(F)cc3O[C@H]3CCOC3)c12. The fraction of sp³-hybridized carbons (Fsp3) is 0.200. The summed E-state index contributed by atoms with van der Waals surface area (Å²) in [5.41, 5.74) is 2.66. The van der Waals surface area contributed by atoms with Gasteiger partial charge in [-0.2, -0.15) is 10.6 Å². The summed E-state index contributed by atoms with van der Waals surface area (Å²) in [4.78, 5) is 9.42. The van der Waals surface area contributed by atoms with Crippen molar-refractivity contribution < 1.29 is 18.1 Å². The molecule has 1 aliphatic rings. The van der Waals surface area contributed by atoms with Crippen LogP contribution < -0.4 is 10.1 Å². The second-order valence-electron chi connectivity index (χ2n) is 7.90. The van der Waals surface area contributed by atoms with E-state index in [1.165, 1.54) is 18.5 Å². The molecule has 0 aliphatic carbocycles. The number of nitrogens with zero attached hydrogens (tertiary/aromatic N) is 3. The Morgan fingerprint density at radius 3 is 2.79 bits per heavy atom. The molecule has 0 amide bonds. The molecule has 1 aliphatic heterocycles. The van der Waals surface area contributed by atoms with Crippen molar-refractivity contribution in [1.82, 2.24) is 9.97 Å². The third-order valence-electron chi connectivity index (χ3n) is 5.43. The zero-order chi connectivity index (χ0) is 23.5. The van der Waals surface area contributed by atoms with Crippen LogP contribution in [-0.4, -0.2) is 29.3 Å². The number of ether oxygens (including phenoxy) is 2. The molecule has 5 rings (SSSR count). The van der Waals surface area contributed by atoms with E-state index in [0.29, 0.717) is 46.6 Å². The summed E-state index contributed by atoms with van der Waals surface area (Å²) in [6.45, 7) is 3.02. The number of hydrogen-bond donors (Lipinski definition) is 1. The van der Waals surface area contributed by atoms with Crippen LogP contribution in [0.2, 0.25) is 0 Å². The summed E-state index contributed by atoms with van der Waals surface area (Å²) in [5.74, 6) is 0.558. The second kappa shape index (κ2) is 9.74. The predicted octanol–water partition coefficient (Wildman–Crippen LogP) is 5.83. The average Bonchev–Trinajstić information content (AvgIpc) is 3.34. The lowest BCUT2D eigenvalue weighted by molar-refractivity contribution is 0.141. The van der Waals surface area contributed by atoms with E-state index < -0.39 is 10.6 Å². The highest BCUT2D eigenvalue weighted by atomic mass is 32.2. The minimum Gasteiger partial charge on any atom is -0.486 e. The number of benzene rings is 3. The maximum atomic E-state index is 13.9. The first-order valence-electron chi connectivity index (χ1n) is 10.8. The number of fused-ring (bicyclic) bond motifs is 1. The molecule has 1 atom stereocenters. The molecule has 0 saturated carbocycles. The van der Waals surface area contributed by atoms with Crippen LogP contribution in [-0.2, 0) is 19.5 Å². The van der Waals surface area contributed by atoms with Gasteiger partial charge in [0, 0.05) is 23.6 Å². The van der Waals surface area contributed by atoms with Gasteiger partial charge in [0.05, 0.1) is 24.4 Å². The normalized spacial score (nSPS) is 16.6. The monoisotopic (exact) mass is 477 g/mol. The van der Waals surface area contributed by atoms with Gasteiger partial charge < -0.3 is 23.4 Å². The van der Waals surface area contributed by atoms with Crippen LogP contribution in [0.3, 0.4) is 0 Å². The van der Waals surface area contributed by atoms with E-state index in [4.69, 9.17) is 9.47 Å². The number of aromatic nitrogens is 2. The predicted molar refractivity (Wildman–Crippen MR) is 129 cm³/mol. The molecule has 1 aromatic heterocycles. The Morgan fingerprint density at radius 2 is 2.00 bits per heavy atom. The molecule has 1 N–H and O–H groups in total. The van der Waals surface area contributed by atoms with Crippen LogP contribution in [0.5, 0.6) is 5.75 Å². The molecule has 34 heavy (non-hydrogen) atoms. The third-order valence-corrected chi connectivity index (χ3v) is 6.48. The number of nitrogens with one attached hydrogen (secondary N) is 1. The van der Waals surface area contributed by atoms with Crippen LogP contribution >= 0.6 is 0 Å². The molecular weight excluding hydrogens is 455 g/mol. The molecule has 4 aromatic rings. The van der Waals surface area contributed by atoms with Crippen LogP contribution in [0.15, 0.2) is 76.2 Å². The van der Waals surface area contributed by atoms with Gasteiger partial charge in [-0.3, -0.25) is 0 Å². The molecule has 174 valence electrons. The Kier molecular flexibility index (Phi) is 6.37. The van der Waals surface area contributed by atoms with Gasteiger partial charge in [-0.05, 0) is 36.8 Å². The topological polar surface area (TPSA) is 85.7 Å². The van der Waals surface area contributed by atoms with Gasteiger partial charge in [0.2, 0.25) is 0 Å². The maximum Gasteiger partial charge on any atom is 0.146 e. The molecule has 0 radical (unpaired) electrons. The van der Waals surface area contributed by atoms with E-state index in [1.807, 2.05) is 31.2 Å². The van der Waals surface area contributed by atoms with Crippen molar-refractivity contribution in [1.29, 1.82) is 0 Å². The average molecular weight is 478 g/mol. The van der Waals surface area contributed by atoms with Gasteiger partial charge in [0.25, 0.3) is 0 Å². The van der Waals surface area contributed by atoms with Crippen molar-refractivity contribution in [2.45, 2.75) is 24.3 Å². The highest BCUT2D eigenvalue weighted by Gasteiger charge is 2.20. The summed E-state index contributed by atoms with van der Waals surface area (Å²) in [7, 11) is -1.53. The van der Waals surface area contributed by atoms with Gasteiger partial charge in [0.1, 0.15) is 29.8 Å². The molecule has 1 saturated heterocycles. The summed E-state index contributed by atoms with van der Waals surface area (Å²) < 4.78 is 42.3. The first-order valence-corrected chi connectivity index (χ1v) is 11.9. The molecular formula is C25H22FN4O3S-. The third kappa shape index (κ3) is 4.85. The van der Waals surface area contributed by atoms with Crippen LogP contribution in [0.4, 0.5) is 21.6 Å². The number of halogens is 1. The van der Waals surface area contributed by atoms with Gasteiger partial charge in [-0.25, -0.2) is 14.4 Å². The molecule has 0 bridgehead atoms. The first kappa shape index (κ1) is 22.2. The van der Waals surface area contributed by atoms with E-state index in [0.717, 1.165) is 17.4 Å². The minimum absolute atomic E-state index is 0.124. The number of rotatable bonds is 6. The number of hydrogen-bond acceptors (Lipinski definition) is 8. The van der Waals surface area contributed by atoms with Crippen molar-refractivity contribution in [3.8, 4) is 5.75 Å². The van der Waals surface area contributed by atoms with E-state index in [1.54, 1.807) is 24.3 Å². The summed E-state index contributed by atoms with van der Waals surface area (Å²) in [6.07, 6.45) is 2.07. The Balaban J connectivity index is 1.49. The summed E-state index contributed by atoms with van der Waals surface area (Å²) in [5, 5.41) is 4.05. The number of aryl methyl sites for hydroxylation is 1. The lowest BCUT2D eigenvalue weighted by Crippen LogP contribution is -2.16. The molecule has 1 fully saturated rings. The van der Waals surface area contributed by atoms with Crippen molar-refractivity contribution in [2.75, 3.05) is 18.5 Å². The lowest BCUT2D eigenvalue weighted by Gasteiger charge is -2.17. The zero-order valence-corrected chi connectivity index (χ0v) is 19.2. The Morgan fingerprint density at radius 1 is 1.15 bits per heavy atom. The Bertz CT molecular complexity index is 1420. The maximum absolute atomic E-state index is 13.9. The van der Waals surface area contributed by atoms with Gasteiger partial charge >= 0.3 is 0 Å². The highest BCUT2D eigenvalue weighted by molar-refractivity contribution is 7.75. The van der Waals surface area contributed by atoms with E-state index in [9.17, 15) is 8.60 Å². The van der Waals surface area contributed by atoms with Crippen molar-refractivity contribution in [2.24, 2.45) is 4.36 Å². The highest BCUT2D eigenvalue weighted by Crippen LogP contribution is 2.34. The van der Waals surface area contributed by atoms with Crippen molar-refractivity contribution >= 4 is 38.7 Å². The van der Waals surface area contributed by atoms with Crippen molar-refractivity contribution in [3.63, 3.8) is 0 Å². The Hall–Kier alpha value is -3.56. The fourth-order valence-corrected chi connectivity index (χ4v) is 4.61. The summed E-state index contributed by atoms with van der Waals surface area (Å²) in [6, 6.07) is 17.0. The quantitative estimate of drug-likeness (QED) is 0.352. The first-order chi connectivity index (χ1) is 16.6. The number of anilines is 2. The molecule has 3 aromatic carbocycles. The largest absolute Gasteiger partial charge is 0.486 e. The van der Waals surface area contributed by atoms with E-state index in [-0.39, 0.29) is 11.9 Å².